The zero-order valence-corrected chi connectivity index (χ0v) is 21.6. The number of imide groups is 2. The number of hydrazine groups is 1. The van der Waals surface area contributed by atoms with E-state index in [1.54, 1.807) is 4.90 Å². The smallest absolute Gasteiger partial charge is 0.410 e. The average Bonchev–Trinajstić information content (AvgIpc) is 2.84. The van der Waals surface area contributed by atoms with E-state index in [4.69, 9.17) is 10.6 Å². The molecule has 4 rings (SSSR count). The molecule has 202 valence electrons. The molecule has 3 aliphatic heterocycles. The number of piperidine rings is 2. The Morgan fingerprint density at radius 2 is 1.57 bits per heavy atom. The molecule has 12 nitrogen and oxygen atoms in total. The van der Waals surface area contributed by atoms with Crippen molar-refractivity contribution in [3.05, 3.63) is 24.3 Å². The molecule has 0 aromatic heterocycles. The van der Waals surface area contributed by atoms with Gasteiger partial charge in [0.2, 0.25) is 23.6 Å². The summed E-state index contributed by atoms with van der Waals surface area (Å²) in [5.74, 6) is 4.01. The summed E-state index contributed by atoms with van der Waals surface area (Å²) in [5, 5.41) is 6.22. The van der Waals surface area contributed by atoms with Gasteiger partial charge < -0.3 is 19.9 Å². The Balaban J connectivity index is 0.000000356. The number of piperazine rings is 1. The lowest BCUT2D eigenvalue weighted by atomic mass is 10.1. The number of nitrogens with one attached hydrogen (secondary N) is 2. The van der Waals surface area contributed by atoms with Gasteiger partial charge in [-0.2, -0.15) is 0 Å². The quantitative estimate of drug-likeness (QED) is 0.307. The molecule has 0 spiro atoms. The first-order valence-electron chi connectivity index (χ1n) is 12.5. The van der Waals surface area contributed by atoms with Crippen LogP contribution in [0.4, 0.5) is 16.2 Å². The van der Waals surface area contributed by atoms with Gasteiger partial charge in [0, 0.05) is 56.8 Å². The molecule has 1 aromatic rings. The number of nitrogens with zero attached hydrogens (tertiary/aromatic N) is 3. The highest BCUT2D eigenvalue weighted by atomic mass is 16.6. The molecule has 3 fully saturated rings. The monoisotopic (exact) mass is 516 g/mol. The summed E-state index contributed by atoms with van der Waals surface area (Å²) in [6.07, 6.45) is 2.04. The fourth-order valence-corrected chi connectivity index (χ4v) is 4.05. The van der Waals surface area contributed by atoms with Crippen LogP contribution in [0.15, 0.2) is 24.3 Å². The molecule has 37 heavy (non-hydrogen) atoms. The Hall–Kier alpha value is -3.67. The standard InChI is InChI=1S/C20H28N4O4.C5H8N2O2/c1-20(2,3)28-19(27)24-12-10-23(11-13-24)15-6-4-14(5-7-15)21-16-8-9-17(25)22-18(16)26;6-7-4(8)2-1-3-5(7)9/h4-7,16,21H,8-13H2,1-3H3,(H,22,25,26);1-3,6H2. The largest absolute Gasteiger partial charge is 0.444 e. The second kappa shape index (κ2) is 12.0. The SMILES string of the molecule is CC(C)(C)OC(=O)N1CCN(c2ccc(NC3CCC(=O)NC3=O)cc2)CC1.NN1C(=O)CCCC1=O. The van der Waals surface area contributed by atoms with Crippen molar-refractivity contribution in [1.82, 2.24) is 15.2 Å². The highest BCUT2D eigenvalue weighted by Gasteiger charge is 2.27. The zero-order valence-electron chi connectivity index (χ0n) is 21.6. The molecule has 3 saturated heterocycles. The van der Waals surface area contributed by atoms with E-state index in [-0.39, 0.29) is 35.8 Å². The van der Waals surface area contributed by atoms with Crippen LogP contribution in [0.1, 0.15) is 52.9 Å². The summed E-state index contributed by atoms with van der Waals surface area (Å²) in [7, 11) is 0. The summed E-state index contributed by atoms with van der Waals surface area (Å²) in [5.41, 5.74) is 1.42. The van der Waals surface area contributed by atoms with Crippen LogP contribution in [0.2, 0.25) is 0 Å². The fraction of sp³-hybridized carbons (Fsp3) is 0.560. The molecule has 3 heterocycles. The van der Waals surface area contributed by atoms with Gasteiger partial charge in [0.1, 0.15) is 11.6 Å². The van der Waals surface area contributed by atoms with Crippen molar-refractivity contribution in [1.29, 1.82) is 0 Å². The summed E-state index contributed by atoms with van der Waals surface area (Å²) >= 11 is 0. The molecule has 3 aliphatic rings. The molecule has 1 unspecified atom stereocenters. The number of benzene rings is 1. The van der Waals surface area contributed by atoms with Gasteiger partial charge in [0.05, 0.1) is 0 Å². The molecular formula is C25H36N6O6. The molecule has 0 aliphatic carbocycles. The molecule has 1 aromatic carbocycles. The maximum atomic E-state index is 12.2. The van der Waals surface area contributed by atoms with Gasteiger partial charge in [-0.15, -0.1) is 0 Å². The van der Waals surface area contributed by atoms with E-state index in [0.717, 1.165) is 24.5 Å². The molecule has 0 radical (unpaired) electrons. The van der Waals surface area contributed by atoms with E-state index in [2.05, 4.69) is 15.5 Å². The molecule has 0 bridgehead atoms. The normalized spacial score (nSPS) is 20.6. The Bertz CT molecular complexity index is 997. The van der Waals surface area contributed by atoms with Crippen LogP contribution >= 0.6 is 0 Å². The number of carbonyl (C=O) groups excluding carboxylic acids is 5. The summed E-state index contributed by atoms with van der Waals surface area (Å²) < 4.78 is 5.43. The minimum atomic E-state index is -0.487. The van der Waals surface area contributed by atoms with E-state index in [1.165, 1.54) is 0 Å². The highest BCUT2D eigenvalue weighted by Crippen LogP contribution is 2.22. The maximum Gasteiger partial charge on any atom is 0.410 e. The predicted molar refractivity (Wildman–Crippen MR) is 136 cm³/mol. The molecule has 1 atom stereocenters. The molecule has 4 N–H and O–H groups in total. The van der Waals surface area contributed by atoms with Crippen LogP contribution in [0.3, 0.4) is 0 Å². The van der Waals surface area contributed by atoms with E-state index >= 15 is 0 Å². The fourth-order valence-electron chi connectivity index (χ4n) is 4.05. The van der Waals surface area contributed by atoms with Gasteiger partial charge in [-0.3, -0.25) is 24.5 Å². The van der Waals surface area contributed by atoms with Crippen LogP contribution < -0.4 is 21.4 Å². The number of hydrogen-bond acceptors (Lipinski definition) is 9. The predicted octanol–water partition coefficient (Wildman–Crippen LogP) is 1.36. The number of anilines is 2. The lowest BCUT2D eigenvalue weighted by molar-refractivity contribution is -0.148. The second-order valence-corrected chi connectivity index (χ2v) is 10.2. The van der Waals surface area contributed by atoms with Gasteiger partial charge in [-0.1, -0.05) is 0 Å². The maximum absolute atomic E-state index is 12.2. The van der Waals surface area contributed by atoms with Crippen molar-refractivity contribution in [2.75, 3.05) is 36.4 Å². The van der Waals surface area contributed by atoms with Crippen molar-refractivity contribution >= 4 is 41.1 Å². The number of amides is 5. The summed E-state index contributed by atoms with van der Waals surface area (Å²) in [6.45, 7) is 8.30. The minimum Gasteiger partial charge on any atom is -0.444 e. The van der Waals surface area contributed by atoms with Crippen LogP contribution in [0.25, 0.3) is 0 Å². The number of ether oxygens (including phenoxy) is 1. The first kappa shape index (κ1) is 27.9. The summed E-state index contributed by atoms with van der Waals surface area (Å²) in [6, 6.07) is 7.47. The minimum absolute atomic E-state index is 0.219. The zero-order chi connectivity index (χ0) is 27.2. The molecule has 12 heteroatoms. The van der Waals surface area contributed by atoms with E-state index in [9.17, 15) is 24.0 Å². The van der Waals surface area contributed by atoms with E-state index in [1.807, 2.05) is 45.0 Å². The Morgan fingerprint density at radius 3 is 2.08 bits per heavy atom. The topological polar surface area (TPSA) is 154 Å². The lowest BCUT2D eigenvalue weighted by Gasteiger charge is -2.36. The third kappa shape index (κ3) is 8.17. The van der Waals surface area contributed by atoms with Crippen molar-refractivity contribution in [3.8, 4) is 0 Å². The van der Waals surface area contributed by atoms with Gasteiger partial charge in [-0.05, 0) is 57.9 Å². The first-order valence-corrected chi connectivity index (χ1v) is 12.5. The first-order chi connectivity index (χ1) is 17.4. The third-order valence-corrected chi connectivity index (χ3v) is 6.06. The Kier molecular flexibility index (Phi) is 9.09. The molecule has 5 amide bonds. The summed E-state index contributed by atoms with van der Waals surface area (Å²) in [4.78, 5) is 60.4. The Labute approximate surface area is 216 Å². The average molecular weight is 517 g/mol. The Morgan fingerprint density at radius 1 is 0.973 bits per heavy atom. The number of nitrogens with two attached hydrogens (primary N) is 1. The van der Waals surface area contributed by atoms with Crippen LogP contribution in [-0.4, -0.2) is 77.5 Å². The van der Waals surface area contributed by atoms with Crippen LogP contribution in [0.5, 0.6) is 0 Å². The van der Waals surface area contributed by atoms with Gasteiger partial charge in [0.15, 0.2) is 0 Å². The highest BCUT2D eigenvalue weighted by molar-refractivity contribution is 6.01. The van der Waals surface area contributed by atoms with E-state index < -0.39 is 5.60 Å². The number of carbonyl (C=O) groups is 5. The molecule has 0 saturated carbocycles. The van der Waals surface area contributed by atoms with Crippen LogP contribution in [0, 0.1) is 0 Å². The van der Waals surface area contributed by atoms with Gasteiger partial charge in [0.25, 0.3) is 0 Å². The van der Waals surface area contributed by atoms with Crippen molar-refractivity contribution in [3.63, 3.8) is 0 Å². The number of hydrogen-bond donors (Lipinski definition) is 3. The van der Waals surface area contributed by atoms with Crippen molar-refractivity contribution in [2.45, 2.75) is 64.5 Å². The van der Waals surface area contributed by atoms with E-state index in [0.29, 0.717) is 50.2 Å². The van der Waals surface area contributed by atoms with Crippen LogP contribution in [-0.2, 0) is 23.9 Å². The lowest BCUT2D eigenvalue weighted by Crippen LogP contribution is -2.50. The number of rotatable bonds is 3. The van der Waals surface area contributed by atoms with Gasteiger partial charge >= 0.3 is 6.09 Å². The van der Waals surface area contributed by atoms with Gasteiger partial charge in [-0.25, -0.2) is 15.6 Å². The van der Waals surface area contributed by atoms with Crippen molar-refractivity contribution < 1.29 is 28.7 Å². The van der Waals surface area contributed by atoms with Crippen molar-refractivity contribution in [2.24, 2.45) is 5.84 Å². The third-order valence-electron chi connectivity index (χ3n) is 6.06. The molecular weight excluding hydrogens is 480 g/mol. The second-order valence-electron chi connectivity index (χ2n) is 10.2.